The molecule has 0 N–H and O–H groups in total. The molecule has 1 aromatic heterocycles. The molecule has 0 atom stereocenters. The number of ether oxygens (including phenoxy) is 3. The average molecular weight is 410 g/mol. The van der Waals surface area contributed by atoms with Crippen LogP contribution in [-0.4, -0.2) is 57.3 Å². The molecule has 1 fully saturated rings. The topological polar surface area (TPSA) is 108 Å². The van der Waals surface area contributed by atoms with Crippen molar-refractivity contribution in [3.05, 3.63) is 40.8 Å². The molecular formula is C18H22N2O7S. The Labute approximate surface area is 163 Å². The highest BCUT2D eigenvalue weighted by Gasteiger charge is 2.30. The lowest BCUT2D eigenvalue weighted by Crippen LogP contribution is -2.40. The summed E-state index contributed by atoms with van der Waals surface area (Å²) in [6, 6.07) is 4.19. The molecule has 1 aliphatic rings. The van der Waals surface area contributed by atoms with Crippen molar-refractivity contribution in [2.45, 2.75) is 25.3 Å². The van der Waals surface area contributed by atoms with Crippen LogP contribution in [-0.2, 0) is 26.1 Å². The largest absolute Gasteiger partial charge is 0.495 e. The zero-order chi connectivity index (χ0) is 20.3. The van der Waals surface area contributed by atoms with Crippen molar-refractivity contribution < 1.29 is 31.9 Å². The number of nitrogens with zero attached hydrogens (tertiary/aromatic N) is 2. The van der Waals surface area contributed by atoms with Gasteiger partial charge >= 0.3 is 5.97 Å². The number of methoxy groups -OCH3 is 1. The molecule has 0 amide bonds. The van der Waals surface area contributed by atoms with E-state index in [2.05, 4.69) is 5.16 Å². The Bertz CT molecular complexity index is 943. The minimum Gasteiger partial charge on any atom is -0.495 e. The van der Waals surface area contributed by atoms with Crippen LogP contribution in [0, 0.1) is 13.8 Å². The number of benzene rings is 1. The summed E-state index contributed by atoms with van der Waals surface area (Å²) >= 11 is 0. The highest BCUT2D eigenvalue weighted by atomic mass is 32.2. The number of sulfonamides is 1. The fraction of sp³-hybridized carbons (Fsp3) is 0.444. The molecule has 1 saturated heterocycles. The smallest absolute Gasteiger partial charge is 0.338 e. The van der Waals surface area contributed by atoms with Crippen LogP contribution in [0.5, 0.6) is 5.75 Å². The monoisotopic (exact) mass is 410 g/mol. The number of carbonyl (C=O) groups is 1. The summed E-state index contributed by atoms with van der Waals surface area (Å²) < 4.78 is 48.1. The maximum absolute atomic E-state index is 13.0. The lowest BCUT2D eigenvalue weighted by Gasteiger charge is -2.26. The van der Waals surface area contributed by atoms with E-state index in [-0.39, 0.29) is 35.9 Å². The van der Waals surface area contributed by atoms with Crippen molar-refractivity contribution in [3.63, 3.8) is 0 Å². The number of aryl methyl sites for hydroxylation is 2. The van der Waals surface area contributed by atoms with Gasteiger partial charge in [0.2, 0.25) is 10.0 Å². The summed E-state index contributed by atoms with van der Waals surface area (Å²) in [6.45, 7) is 4.58. The van der Waals surface area contributed by atoms with E-state index in [0.29, 0.717) is 30.2 Å². The number of esters is 1. The Morgan fingerprint density at radius 2 is 1.96 bits per heavy atom. The SMILES string of the molecule is COc1ccc(C(=O)OCc2c(C)noc2C)cc1S(=O)(=O)N1CCOCC1. The van der Waals surface area contributed by atoms with Gasteiger partial charge in [0.05, 0.1) is 37.1 Å². The standard InChI is InChI=1S/C18H22N2O7S/c1-12-15(13(2)27-19-12)11-26-18(21)14-4-5-16(24-3)17(10-14)28(22,23)20-6-8-25-9-7-20/h4-5,10H,6-9,11H2,1-3H3. The molecule has 2 heterocycles. The van der Waals surface area contributed by atoms with E-state index < -0.39 is 16.0 Å². The Kier molecular flexibility index (Phi) is 6.01. The molecule has 0 bridgehead atoms. The summed E-state index contributed by atoms with van der Waals surface area (Å²) in [4.78, 5) is 12.4. The van der Waals surface area contributed by atoms with Gasteiger partial charge in [0, 0.05) is 13.1 Å². The zero-order valence-electron chi connectivity index (χ0n) is 15.9. The fourth-order valence-electron chi connectivity index (χ4n) is 2.86. The molecule has 9 nitrogen and oxygen atoms in total. The van der Waals surface area contributed by atoms with E-state index in [4.69, 9.17) is 18.7 Å². The van der Waals surface area contributed by atoms with Crippen LogP contribution in [0.15, 0.2) is 27.6 Å². The van der Waals surface area contributed by atoms with Crippen molar-refractivity contribution >= 4 is 16.0 Å². The number of hydrogen-bond donors (Lipinski definition) is 0. The van der Waals surface area contributed by atoms with Gasteiger partial charge in [0.15, 0.2) is 0 Å². The molecule has 1 aromatic carbocycles. The molecule has 0 radical (unpaired) electrons. The van der Waals surface area contributed by atoms with Crippen LogP contribution in [0.1, 0.15) is 27.4 Å². The van der Waals surface area contributed by atoms with Crippen molar-refractivity contribution in [1.82, 2.24) is 9.46 Å². The Hall–Kier alpha value is -2.43. The first kappa shape index (κ1) is 20.3. The third-order valence-corrected chi connectivity index (χ3v) is 6.44. The molecular weight excluding hydrogens is 388 g/mol. The third-order valence-electron chi connectivity index (χ3n) is 4.52. The summed E-state index contributed by atoms with van der Waals surface area (Å²) in [5.74, 6) is 0.0745. The predicted octanol–water partition coefficient (Wildman–Crippen LogP) is 1.68. The number of morpholine rings is 1. The van der Waals surface area contributed by atoms with E-state index in [0.717, 1.165) is 0 Å². The van der Waals surface area contributed by atoms with Gasteiger partial charge in [0.25, 0.3) is 0 Å². The zero-order valence-corrected chi connectivity index (χ0v) is 16.7. The normalized spacial score (nSPS) is 15.4. The van der Waals surface area contributed by atoms with Gasteiger partial charge in [-0.1, -0.05) is 5.16 Å². The second-order valence-corrected chi connectivity index (χ2v) is 8.17. The average Bonchev–Trinajstić information content (AvgIpc) is 3.03. The van der Waals surface area contributed by atoms with Gasteiger partial charge < -0.3 is 18.7 Å². The highest BCUT2D eigenvalue weighted by molar-refractivity contribution is 7.89. The number of carbonyl (C=O) groups excluding carboxylic acids is 1. The quantitative estimate of drug-likeness (QED) is 0.662. The Morgan fingerprint density at radius 1 is 1.25 bits per heavy atom. The molecule has 1 aliphatic heterocycles. The number of rotatable bonds is 6. The molecule has 0 spiro atoms. The van der Waals surface area contributed by atoms with Crippen molar-refractivity contribution in [3.8, 4) is 5.75 Å². The first-order valence-corrected chi connectivity index (χ1v) is 10.1. The summed E-state index contributed by atoms with van der Waals surface area (Å²) in [5, 5.41) is 3.81. The van der Waals surface area contributed by atoms with Gasteiger partial charge in [0.1, 0.15) is 23.0 Å². The highest BCUT2D eigenvalue weighted by Crippen LogP contribution is 2.29. The molecule has 2 aromatic rings. The van der Waals surface area contributed by atoms with E-state index in [9.17, 15) is 13.2 Å². The maximum Gasteiger partial charge on any atom is 0.338 e. The van der Waals surface area contributed by atoms with Crippen molar-refractivity contribution in [1.29, 1.82) is 0 Å². The van der Waals surface area contributed by atoms with Gasteiger partial charge in [-0.25, -0.2) is 13.2 Å². The lowest BCUT2D eigenvalue weighted by molar-refractivity contribution is 0.0470. The predicted molar refractivity (Wildman–Crippen MR) is 97.7 cm³/mol. The third kappa shape index (κ3) is 4.03. The second kappa shape index (κ2) is 8.29. The Morgan fingerprint density at radius 3 is 2.57 bits per heavy atom. The maximum atomic E-state index is 13.0. The van der Waals surface area contributed by atoms with Gasteiger partial charge in [-0.05, 0) is 32.0 Å². The van der Waals surface area contributed by atoms with Gasteiger partial charge in [-0.2, -0.15) is 4.31 Å². The minimum atomic E-state index is -3.84. The molecule has 0 unspecified atom stereocenters. The summed E-state index contributed by atoms with van der Waals surface area (Å²) in [7, 11) is -2.46. The second-order valence-electron chi connectivity index (χ2n) is 6.26. The van der Waals surface area contributed by atoms with E-state index in [1.807, 2.05) is 0 Å². The van der Waals surface area contributed by atoms with E-state index in [1.54, 1.807) is 13.8 Å². The van der Waals surface area contributed by atoms with Gasteiger partial charge in [-0.3, -0.25) is 0 Å². The minimum absolute atomic E-state index is 0.0163. The van der Waals surface area contributed by atoms with Crippen LogP contribution < -0.4 is 4.74 Å². The molecule has 10 heteroatoms. The van der Waals surface area contributed by atoms with Crippen LogP contribution in [0.25, 0.3) is 0 Å². The first-order valence-electron chi connectivity index (χ1n) is 8.69. The Balaban J connectivity index is 1.84. The van der Waals surface area contributed by atoms with Crippen LogP contribution in [0.4, 0.5) is 0 Å². The van der Waals surface area contributed by atoms with E-state index >= 15 is 0 Å². The van der Waals surface area contributed by atoms with Gasteiger partial charge in [-0.15, -0.1) is 0 Å². The molecule has 3 rings (SSSR count). The summed E-state index contributed by atoms with van der Waals surface area (Å²) in [6.07, 6.45) is 0. The van der Waals surface area contributed by atoms with Crippen LogP contribution >= 0.6 is 0 Å². The fourth-order valence-corrected chi connectivity index (χ4v) is 4.45. The summed E-state index contributed by atoms with van der Waals surface area (Å²) in [5.41, 5.74) is 1.43. The van der Waals surface area contributed by atoms with E-state index in [1.165, 1.54) is 29.6 Å². The van der Waals surface area contributed by atoms with Crippen LogP contribution in [0.2, 0.25) is 0 Å². The lowest BCUT2D eigenvalue weighted by atomic mass is 10.2. The molecule has 28 heavy (non-hydrogen) atoms. The molecule has 0 saturated carbocycles. The molecule has 0 aliphatic carbocycles. The number of hydrogen-bond acceptors (Lipinski definition) is 8. The number of aromatic nitrogens is 1. The van der Waals surface area contributed by atoms with Crippen molar-refractivity contribution in [2.75, 3.05) is 33.4 Å². The molecule has 152 valence electrons. The van der Waals surface area contributed by atoms with Crippen molar-refractivity contribution in [2.24, 2.45) is 0 Å². The first-order chi connectivity index (χ1) is 13.3. The van der Waals surface area contributed by atoms with Crippen LogP contribution in [0.3, 0.4) is 0 Å².